The number of rotatable bonds is 5. The van der Waals surface area contributed by atoms with Gasteiger partial charge in [-0.1, -0.05) is 12.1 Å². The highest BCUT2D eigenvalue weighted by atomic mass is 19.3. The Morgan fingerprint density at radius 3 is 2.15 bits per heavy atom. The summed E-state index contributed by atoms with van der Waals surface area (Å²) in [5.74, 6) is -7.89. The molecule has 0 aliphatic carbocycles. The lowest BCUT2D eigenvalue weighted by Crippen LogP contribution is -2.45. The van der Waals surface area contributed by atoms with E-state index in [-0.39, 0.29) is 12.1 Å². The van der Waals surface area contributed by atoms with Crippen LogP contribution in [0.15, 0.2) is 24.3 Å². The van der Waals surface area contributed by atoms with E-state index >= 15 is 0 Å². The first-order chi connectivity index (χ1) is 9.16. The van der Waals surface area contributed by atoms with Crippen molar-refractivity contribution in [3.63, 3.8) is 0 Å². The number of halogens is 4. The second-order valence-electron chi connectivity index (χ2n) is 4.09. The van der Waals surface area contributed by atoms with E-state index in [2.05, 4.69) is 0 Å². The normalized spacial score (nSPS) is 11.5. The summed E-state index contributed by atoms with van der Waals surface area (Å²) in [6, 6.07) is 5.07. The molecular formula is C12H11F4NO3. The first kappa shape index (κ1) is 15.9. The minimum absolute atomic E-state index is 0.0133. The second kappa shape index (κ2) is 5.89. The lowest BCUT2D eigenvalue weighted by Gasteiger charge is -2.22. The number of carbonyl (C=O) groups excluding carboxylic acids is 1. The maximum Gasteiger partial charge on any atom is 0.383 e. The van der Waals surface area contributed by atoms with Gasteiger partial charge in [0, 0.05) is 13.6 Å². The Balaban J connectivity index is 2.78. The molecule has 8 heteroatoms. The predicted octanol–water partition coefficient (Wildman–Crippen LogP) is 2.24. The van der Waals surface area contributed by atoms with Gasteiger partial charge in [-0.05, 0) is 17.7 Å². The molecule has 0 aliphatic heterocycles. The summed E-state index contributed by atoms with van der Waals surface area (Å²) in [6.45, 7) is -0.332. The molecule has 0 atom stereocenters. The van der Waals surface area contributed by atoms with Crippen LogP contribution in [0.25, 0.3) is 0 Å². The van der Waals surface area contributed by atoms with Gasteiger partial charge in [-0.15, -0.1) is 0 Å². The van der Waals surface area contributed by atoms with Crippen LogP contribution >= 0.6 is 0 Å². The number of hydrogen-bond donors (Lipinski definition) is 1. The lowest BCUT2D eigenvalue weighted by atomic mass is 10.1. The van der Waals surface area contributed by atoms with E-state index in [1.54, 1.807) is 0 Å². The first-order valence-electron chi connectivity index (χ1n) is 5.40. The molecular weight excluding hydrogens is 282 g/mol. The van der Waals surface area contributed by atoms with Gasteiger partial charge in [0.2, 0.25) is 0 Å². The maximum absolute atomic E-state index is 12.8. The van der Waals surface area contributed by atoms with Gasteiger partial charge in [-0.3, -0.25) is 4.79 Å². The highest BCUT2D eigenvalue weighted by Gasteiger charge is 2.50. The largest absolute Gasteiger partial charge is 0.478 e. The topological polar surface area (TPSA) is 57.6 Å². The van der Waals surface area contributed by atoms with Gasteiger partial charge < -0.3 is 10.0 Å². The van der Waals surface area contributed by atoms with Crippen molar-refractivity contribution in [2.24, 2.45) is 0 Å². The van der Waals surface area contributed by atoms with Gasteiger partial charge in [0.15, 0.2) is 0 Å². The van der Waals surface area contributed by atoms with Crippen molar-refractivity contribution in [2.45, 2.75) is 18.9 Å². The van der Waals surface area contributed by atoms with Crippen LogP contribution in [0.4, 0.5) is 17.6 Å². The molecule has 4 nitrogen and oxygen atoms in total. The molecule has 1 amide bonds. The molecule has 1 aromatic carbocycles. The van der Waals surface area contributed by atoms with Gasteiger partial charge in [0.05, 0.1) is 5.56 Å². The van der Waals surface area contributed by atoms with Crippen LogP contribution < -0.4 is 0 Å². The van der Waals surface area contributed by atoms with Crippen LogP contribution in [0.3, 0.4) is 0 Å². The van der Waals surface area contributed by atoms with Crippen LogP contribution in [0, 0.1) is 0 Å². The second-order valence-corrected chi connectivity index (χ2v) is 4.09. The Morgan fingerprint density at radius 2 is 1.75 bits per heavy atom. The lowest BCUT2D eigenvalue weighted by molar-refractivity contribution is -0.179. The molecule has 0 unspecified atom stereocenters. The highest BCUT2D eigenvalue weighted by Crippen LogP contribution is 2.25. The smallest absolute Gasteiger partial charge is 0.383 e. The Bertz CT molecular complexity index is 502. The summed E-state index contributed by atoms with van der Waals surface area (Å²) in [6.07, 6.45) is -4.08. The number of alkyl halides is 4. The zero-order valence-electron chi connectivity index (χ0n) is 10.3. The molecule has 0 saturated carbocycles. The van der Waals surface area contributed by atoms with Crippen LogP contribution in [0.2, 0.25) is 0 Å². The third-order valence-corrected chi connectivity index (χ3v) is 2.53. The summed E-state index contributed by atoms with van der Waals surface area (Å²) < 4.78 is 49.8. The Kier molecular flexibility index (Phi) is 4.69. The molecule has 0 radical (unpaired) electrons. The summed E-state index contributed by atoms with van der Waals surface area (Å²) >= 11 is 0. The van der Waals surface area contributed by atoms with E-state index in [9.17, 15) is 27.2 Å². The fourth-order valence-electron chi connectivity index (χ4n) is 1.45. The van der Waals surface area contributed by atoms with Crippen LogP contribution in [0.5, 0.6) is 0 Å². The fourth-order valence-corrected chi connectivity index (χ4v) is 1.45. The van der Waals surface area contributed by atoms with Gasteiger partial charge in [-0.25, -0.2) is 13.6 Å². The van der Waals surface area contributed by atoms with Crippen molar-refractivity contribution < 1.29 is 32.3 Å². The van der Waals surface area contributed by atoms with E-state index in [0.29, 0.717) is 10.5 Å². The Hall–Kier alpha value is -2.12. The van der Waals surface area contributed by atoms with Gasteiger partial charge in [-0.2, -0.15) is 8.78 Å². The molecule has 0 spiro atoms. The minimum atomic E-state index is -4.74. The average molecular weight is 293 g/mol. The van der Waals surface area contributed by atoms with E-state index in [0.717, 1.165) is 7.05 Å². The summed E-state index contributed by atoms with van der Waals surface area (Å²) in [7, 11) is 0.962. The van der Waals surface area contributed by atoms with Crippen LogP contribution in [-0.2, 0) is 11.3 Å². The molecule has 20 heavy (non-hydrogen) atoms. The number of hydrogen-bond acceptors (Lipinski definition) is 2. The summed E-state index contributed by atoms with van der Waals surface area (Å²) in [4.78, 5) is 22.2. The van der Waals surface area contributed by atoms with Crippen molar-refractivity contribution in [1.82, 2.24) is 4.90 Å². The van der Waals surface area contributed by atoms with E-state index in [4.69, 9.17) is 5.11 Å². The molecule has 0 bridgehead atoms. The predicted molar refractivity (Wildman–Crippen MR) is 60.8 cm³/mol. The third-order valence-electron chi connectivity index (χ3n) is 2.53. The summed E-state index contributed by atoms with van der Waals surface area (Å²) in [5, 5.41) is 8.67. The summed E-state index contributed by atoms with van der Waals surface area (Å²) in [5.41, 5.74) is 0.330. The van der Waals surface area contributed by atoms with E-state index in [1.807, 2.05) is 0 Å². The molecule has 1 rings (SSSR count). The Labute approximate surface area is 111 Å². The molecule has 0 fully saturated rings. The zero-order chi connectivity index (χ0) is 15.5. The Morgan fingerprint density at radius 1 is 1.25 bits per heavy atom. The van der Waals surface area contributed by atoms with Crippen molar-refractivity contribution in [2.75, 3.05) is 7.05 Å². The van der Waals surface area contributed by atoms with E-state index < -0.39 is 24.2 Å². The standard InChI is InChI=1S/C12H11F4NO3/c1-17(11(20)12(15,16)10(13)14)6-7-2-4-8(5-3-7)9(18)19/h2-5,10H,6H2,1H3,(H,18,19). The number of amides is 1. The molecule has 0 aromatic heterocycles. The number of carbonyl (C=O) groups is 2. The van der Waals surface area contributed by atoms with Crippen molar-refractivity contribution in [1.29, 1.82) is 0 Å². The van der Waals surface area contributed by atoms with Crippen LogP contribution in [-0.4, -0.2) is 41.3 Å². The number of carboxylic acid groups (broad SMARTS) is 1. The van der Waals surface area contributed by atoms with Crippen LogP contribution in [0.1, 0.15) is 15.9 Å². The monoisotopic (exact) mass is 293 g/mol. The number of benzene rings is 1. The molecule has 1 N–H and O–H groups in total. The number of aromatic carboxylic acids is 1. The fraction of sp³-hybridized carbons (Fsp3) is 0.333. The maximum atomic E-state index is 12.8. The molecule has 1 aromatic rings. The van der Waals surface area contributed by atoms with Crippen molar-refractivity contribution in [3.8, 4) is 0 Å². The highest BCUT2D eigenvalue weighted by molar-refractivity contribution is 5.87. The van der Waals surface area contributed by atoms with Gasteiger partial charge in [0.25, 0.3) is 5.91 Å². The number of carboxylic acids is 1. The third kappa shape index (κ3) is 3.46. The number of nitrogens with zero attached hydrogens (tertiary/aromatic N) is 1. The molecule has 0 aliphatic rings. The van der Waals surface area contributed by atoms with Gasteiger partial charge in [0.1, 0.15) is 0 Å². The molecule has 110 valence electrons. The quantitative estimate of drug-likeness (QED) is 0.847. The molecule has 0 saturated heterocycles. The van der Waals surface area contributed by atoms with E-state index in [1.165, 1.54) is 24.3 Å². The SMILES string of the molecule is CN(Cc1ccc(C(=O)O)cc1)C(=O)C(F)(F)C(F)F. The van der Waals surface area contributed by atoms with Gasteiger partial charge >= 0.3 is 18.3 Å². The first-order valence-corrected chi connectivity index (χ1v) is 5.40. The minimum Gasteiger partial charge on any atom is -0.478 e. The molecule has 0 heterocycles. The van der Waals surface area contributed by atoms with Crippen molar-refractivity contribution in [3.05, 3.63) is 35.4 Å². The zero-order valence-corrected chi connectivity index (χ0v) is 10.3. The van der Waals surface area contributed by atoms with Crippen molar-refractivity contribution >= 4 is 11.9 Å². The average Bonchev–Trinajstić information content (AvgIpc) is 2.38.